The van der Waals surface area contributed by atoms with Gasteiger partial charge in [-0.3, -0.25) is 14.9 Å². The molecule has 3 rings (SSSR count). The lowest BCUT2D eigenvalue weighted by atomic mass is 10.2. The number of nitro benzene ring substituents is 1. The molecule has 1 aromatic heterocycles. The second-order valence-electron chi connectivity index (χ2n) is 4.88. The number of fused-ring (bicyclic) bond motifs is 1. The SMILES string of the molecule is O=C(CSc1nc2ccccc2o1)N/N=C\c1ccc([N+](=O)[O-])cc1. The van der Waals surface area contributed by atoms with Gasteiger partial charge in [-0.2, -0.15) is 5.10 Å². The second-order valence-corrected chi connectivity index (χ2v) is 5.80. The normalized spacial score (nSPS) is 11.0. The number of nitrogens with zero attached hydrogens (tertiary/aromatic N) is 3. The van der Waals surface area contributed by atoms with E-state index in [0.717, 1.165) is 5.52 Å². The number of hydrogen-bond acceptors (Lipinski definition) is 7. The molecule has 1 N–H and O–H groups in total. The van der Waals surface area contributed by atoms with Crippen molar-refractivity contribution < 1.29 is 14.1 Å². The summed E-state index contributed by atoms with van der Waals surface area (Å²) >= 11 is 1.17. The molecule has 2 aromatic carbocycles. The van der Waals surface area contributed by atoms with E-state index < -0.39 is 4.92 Å². The highest BCUT2D eigenvalue weighted by atomic mass is 32.2. The minimum atomic E-state index is -0.480. The zero-order chi connectivity index (χ0) is 17.6. The Hall–Kier alpha value is -3.20. The van der Waals surface area contributed by atoms with Gasteiger partial charge in [-0.05, 0) is 29.8 Å². The zero-order valence-electron chi connectivity index (χ0n) is 12.8. The summed E-state index contributed by atoms with van der Waals surface area (Å²) < 4.78 is 5.50. The predicted molar refractivity (Wildman–Crippen MR) is 93.6 cm³/mol. The van der Waals surface area contributed by atoms with Crippen molar-refractivity contribution in [3.63, 3.8) is 0 Å². The highest BCUT2D eigenvalue weighted by Crippen LogP contribution is 2.22. The first-order valence-electron chi connectivity index (χ1n) is 7.16. The van der Waals surface area contributed by atoms with Gasteiger partial charge in [0.2, 0.25) is 0 Å². The topological polar surface area (TPSA) is 111 Å². The van der Waals surface area contributed by atoms with E-state index in [1.807, 2.05) is 18.2 Å². The van der Waals surface area contributed by atoms with Crippen LogP contribution >= 0.6 is 11.8 Å². The summed E-state index contributed by atoms with van der Waals surface area (Å²) in [7, 11) is 0. The lowest BCUT2D eigenvalue weighted by molar-refractivity contribution is -0.384. The van der Waals surface area contributed by atoms with E-state index in [1.54, 1.807) is 18.2 Å². The largest absolute Gasteiger partial charge is 0.431 e. The maximum absolute atomic E-state index is 11.8. The van der Waals surface area contributed by atoms with E-state index in [-0.39, 0.29) is 17.3 Å². The third-order valence-corrected chi connectivity index (χ3v) is 3.94. The molecule has 0 saturated heterocycles. The van der Waals surface area contributed by atoms with Crippen LogP contribution in [0.3, 0.4) is 0 Å². The van der Waals surface area contributed by atoms with Crippen molar-refractivity contribution in [2.45, 2.75) is 5.22 Å². The van der Waals surface area contributed by atoms with Gasteiger partial charge in [0.15, 0.2) is 5.58 Å². The highest BCUT2D eigenvalue weighted by molar-refractivity contribution is 7.99. The Bertz CT molecular complexity index is 904. The van der Waals surface area contributed by atoms with Crippen LogP contribution in [0.2, 0.25) is 0 Å². The number of thioether (sulfide) groups is 1. The smallest absolute Gasteiger partial charge is 0.269 e. The number of non-ortho nitro benzene ring substituents is 1. The number of rotatable bonds is 6. The first kappa shape index (κ1) is 16.7. The fraction of sp³-hybridized carbons (Fsp3) is 0.0625. The molecule has 0 aliphatic carbocycles. The molecule has 0 aliphatic rings. The molecule has 0 aliphatic heterocycles. The summed E-state index contributed by atoms with van der Waals surface area (Å²) in [6, 6.07) is 13.2. The number of carbonyl (C=O) groups excluding carboxylic acids is 1. The van der Waals surface area contributed by atoms with Gasteiger partial charge < -0.3 is 4.42 Å². The molecule has 0 saturated carbocycles. The molecule has 0 fully saturated rings. The number of amides is 1. The van der Waals surface area contributed by atoms with Crippen LogP contribution < -0.4 is 5.43 Å². The summed E-state index contributed by atoms with van der Waals surface area (Å²) in [5.74, 6) is -0.213. The van der Waals surface area contributed by atoms with Crippen LogP contribution in [0.15, 0.2) is 63.3 Å². The van der Waals surface area contributed by atoms with Crippen LogP contribution in [0.5, 0.6) is 0 Å². The number of benzene rings is 2. The first-order chi connectivity index (χ1) is 12.1. The van der Waals surface area contributed by atoms with E-state index in [9.17, 15) is 14.9 Å². The summed E-state index contributed by atoms with van der Waals surface area (Å²) in [4.78, 5) is 26.1. The van der Waals surface area contributed by atoms with Gasteiger partial charge in [0.05, 0.1) is 16.9 Å². The molecule has 1 heterocycles. The van der Waals surface area contributed by atoms with Gasteiger partial charge in [-0.25, -0.2) is 10.4 Å². The van der Waals surface area contributed by atoms with Crippen LogP contribution in [-0.4, -0.2) is 27.8 Å². The average Bonchev–Trinajstić information content (AvgIpc) is 3.03. The third-order valence-electron chi connectivity index (χ3n) is 3.11. The van der Waals surface area contributed by atoms with Crippen molar-refractivity contribution in [3.8, 4) is 0 Å². The van der Waals surface area contributed by atoms with Crippen LogP contribution in [0, 0.1) is 10.1 Å². The maximum Gasteiger partial charge on any atom is 0.269 e. The Morgan fingerprint density at radius 1 is 1.28 bits per heavy atom. The van der Waals surface area contributed by atoms with E-state index in [2.05, 4.69) is 15.5 Å². The van der Waals surface area contributed by atoms with Gasteiger partial charge in [-0.1, -0.05) is 23.9 Å². The molecule has 8 nitrogen and oxygen atoms in total. The fourth-order valence-electron chi connectivity index (χ4n) is 1.93. The lowest BCUT2D eigenvalue weighted by Crippen LogP contribution is -2.19. The van der Waals surface area contributed by atoms with Crippen molar-refractivity contribution in [2.75, 3.05) is 5.75 Å². The minimum absolute atomic E-state index is 0.00378. The van der Waals surface area contributed by atoms with Gasteiger partial charge in [0.25, 0.3) is 16.8 Å². The van der Waals surface area contributed by atoms with Gasteiger partial charge in [0.1, 0.15) is 5.52 Å². The lowest BCUT2D eigenvalue weighted by Gasteiger charge is -1.97. The number of hydrazone groups is 1. The standard InChI is InChI=1S/C16H12N4O4S/c21-15(10-25-16-18-13-3-1-2-4-14(13)24-16)19-17-9-11-5-7-12(8-6-11)20(22)23/h1-9H,10H2,(H,19,21)/b17-9-. The summed E-state index contributed by atoms with van der Waals surface area (Å²) in [5, 5.41) is 14.8. The Labute approximate surface area is 146 Å². The predicted octanol–water partition coefficient (Wildman–Crippen LogP) is 2.98. The van der Waals surface area contributed by atoms with Crippen LogP contribution in [0.25, 0.3) is 11.1 Å². The Kier molecular flexibility index (Phi) is 5.05. The number of nitro groups is 1. The fourth-order valence-corrected chi connectivity index (χ4v) is 2.56. The third kappa shape index (κ3) is 4.42. The van der Waals surface area contributed by atoms with E-state index in [0.29, 0.717) is 16.4 Å². The molecule has 0 bridgehead atoms. The summed E-state index contributed by atoms with van der Waals surface area (Å²) in [6.45, 7) is 0. The second kappa shape index (κ2) is 7.58. The van der Waals surface area contributed by atoms with Crippen molar-refractivity contribution in [3.05, 3.63) is 64.2 Å². The molecule has 25 heavy (non-hydrogen) atoms. The number of nitrogens with one attached hydrogen (secondary N) is 1. The van der Waals surface area contributed by atoms with Crippen molar-refractivity contribution >= 4 is 40.7 Å². The van der Waals surface area contributed by atoms with Gasteiger partial charge in [-0.15, -0.1) is 0 Å². The molecule has 0 unspecified atom stereocenters. The van der Waals surface area contributed by atoms with Crippen LogP contribution in [-0.2, 0) is 4.79 Å². The molecule has 3 aromatic rings. The zero-order valence-corrected chi connectivity index (χ0v) is 13.6. The molecule has 0 spiro atoms. The molecule has 9 heteroatoms. The average molecular weight is 356 g/mol. The maximum atomic E-state index is 11.8. The van der Waals surface area contributed by atoms with Crippen molar-refractivity contribution in [2.24, 2.45) is 5.10 Å². The molecule has 126 valence electrons. The Morgan fingerprint density at radius 3 is 2.76 bits per heavy atom. The number of hydrogen-bond donors (Lipinski definition) is 1. The Balaban J connectivity index is 1.49. The first-order valence-corrected chi connectivity index (χ1v) is 8.15. The molecule has 0 atom stereocenters. The quantitative estimate of drug-likeness (QED) is 0.315. The minimum Gasteiger partial charge on any atom is -0.431 e. The van der Waals surface area contributed by atoms with Gasteiger partial charge >= 0.3 is 0 Å². The van der Waals surface area contributed by atoms with Crippen molar-refractivity contribution in [1.82, 2.24) is 10.4 Å². The number of carbonyl (C=O) groups is 1. The molecular weight excluding hydrogens is 344 g/mol. The monoisotopic (exact) mass is 356 g/mol. The molecular formula is C16H12N4O4S. The van der Waals surface area contributed by atoms with E-state index in [4.69, 9.17) is 4.42 Å². The van der Waals surface area contributed by atoms with Crippen LogP contribution in [0.4, 0.5) is 5.69 Å². The number of oxazole rings is 1. The van der Waals surface area contributed by atoms with E-state index >= 15 is 0 Å². The number of aromatic nitrogens is 1. The van der Waals surface area contributed by atoms with Crippen LogP contribution in [0.1, 0.15) is 5.56 Å². The Morgan fingerprint density at radius 2 is 2.04 bits per heavy atom. The molecule has 1 amide bonds. The van der Waals surface area contributed by atoms with E-state index in [1.165, 1.54) is 30.1 Å². The highest BCUT2D eigenvalue weighted by Gasteiger charge is 2.08. The summed E-state index contributed by atoms with van der Waals surface area (Å²) in [5.41, 5.74) is 4.42. The molecule has 0 radical (unpaired) electrons. The number of para-hydroxylation sites is 2. The van der Waals surface area contributed by atoms with Gasteiger partial charge in [0, 0.05) is 12.1 Å². The summed E-state index contributed by atoms with van der Waals surface area (Å²) in [6.07, 6.45) is 1.41. The van der Waals surface area contributed by atoms with Crippen molar-refractivity contribution in [1.29, 1.82) is 0 Å².